The molecule has 0 spiro atoms. The largest absolute Gasteiger partial charge is 0.458 e. The van der Waals surface area contributed by atoms with Crippen molar-refractivity contribution in [2.45, 2.75) is 33.2 Å². The molecule has 5 heteroatoms. The van der Waals surface area contributed by atoms with Crippen LogP contribution in [-0.4, -0.2) is 35.3 Å². The van der Waals surface area contributed by atoms with Gasteiger partial charge in [-0.3, -0.25) is 14.5 Å². The van der Waals surface area contributed by atoms with Crippen LogP contribution in [0.3, 0.4) is 0 Å². The zero-order valence-electron chi connectivity index (χ0n) is 13.4. The lowest BCUT2D eigenvalue weighted by Crippen LogP contribution is -2.41. The minimum atomic E-state index is -0.542. The van der Waals surface area contributed by atoms with E-state index in [0.717, 1.165) is 11.0 Å². The predicted molar refractivity (Wildman–Crippen MR) is 85.9 cm³/mol. The predicted octanol–water partition coefficient (Wildman–Crippen LogP) is 2.56. The Morgan fingerprint density at radius 1 is 1.23 bits per heavy atom. The number of rotatable bonds is 8. The highest BCUT2D eigenvalue weighted by atomic mass is 16.5. The van der Waals surface area contributed by atoms with Gasteiger partial charge in [0.15, 0.2) is 0 Å². The van der Waals surface area contributed by atoms with Crippen LogP contribution in [0.15, 0.2) is 49.1 Å². The van der Waals surface area contributed by atoms with Crippen molar-refractivity contribution in [3.63, 3.8) is 0 Å². The van der Waals surface area contributed by atoms with Gasteiger partial charge in [-0.05, 0) is 33.3 Å². The normalized spacial score (nSPS) is 10.8. The highest BCUT2D eigenvalue weighted by molar-refractivity contribution is 6.07. The maximum atomic E-state index is 12.3. The van der Waals surface area contributed by atoms with Gasteiger partial charge in [-0.15, -0.1) is 0 Å². The molecule has 0 unspecified atom stereocenters. The first-order valence-electron chi connectivity index (χ1n) is 6.88. The third-order valence-corrected chi connectivity index (χ3v) is 2.76. The summed E-state index contributed by atoms with van der Waals surface area (Å²) in [4.78, 5) is 36.6. The van der Waals surface area contributed by atoms with Gasteiger partial charge in [-0.2, -0.15) is 0 Å². The molecule has 5 nitrogen and oxygen atoms in total. The van der Waals surface area contributed by atoms with Gasteiger partial charge in [0, 0.05) is 17.2 Å². The van der Waals surface area contributed by atoms with Crippen LogP contribution in [0.4, 0.5) is 0 Å². The third kappa shape index (κ3) is 5.91. The molecule has 0 aromatic heterocycles. The summed E-state index contributed by atoms with van der Waals surface area (Å²) in [6.07, 6.45) is 4.27. The van der Waals surface area contributed by atoms with Crippen molar-refractivity contribution >= 4 is 17.8 Å². The Morgan fingerprint density at radius 2 is 1.82 bits per heavy atom. The fourth-order valence-corrected chi connectivity index (χ4v) is 1.56. The molecule has 0 aromatic rings. The maximum absolute atomic E-state index is 12.3. The molecule has 0 aliphatic carbocycles. The van der Waals surface area contributed by atoms with Crippen molar-refractivity contribution in [2.75, 3.05) is 6.61 Å². The Morgan fingerprint density at radius 3 is 2.27 bits per heavy atom. The second-order valence-electron chi connectivity index (χ2n) is 4.89. The Labute approximate surface area is 131 Å². The van der Waals surface area contributed by atoms with E-state index in [4.69, 9.17) is 4.74 Å². The van der Waals surface area contributed by atoms with E-state index in [9.17, 15) is 14.4 Å². The monoisotopic (exact) mass is 305 g/mol. The lowest BCUT2D eigenvalue weighted by atomic mass is 10.1. The Balaban J connectivity index is 4.89. The summed E-state index contributed by atoms with van der Waals surface area (Å²) in [6.45, 7) is 15.6. The molecule has 22 heavy (non-hydrogen) atoms. The van der Waals surface area contributed by atoms with Gasteiger partial charge in [0.25, 0.3) is 11.8 Å². The minimum absolute atomic E-state index is 0.106. The van der Waals surface area contributed by atoms with Crippen LogP contribution in [0, 0.1) is 0 Å². The molecule has 0 saturated heterocycles. The van der Waals surface area contributed by atoms with Crippen molar-refractivity contribution < 1.29 is 19.1 Å². The zero-order valence-corrected chi connectivity index (χ0v) is 13.4. The topological polar surface area (TPSA) is 63.7 Å². The molecule has 120 valence electrons. The summed E-state index contributed by atoms with van der Waals surface area (Å²) < 4.78 is 4.84. The quantitative estimate of drug-likeness (QED) is 0.393. The van der Waals surface area contributed by atoms with Crippen molar-refractivity contribution in [3.05, 3.63) is 49.1 Å². The number of carbonyl (C=O) groups excluding carboxylic acids is 3. The standard InChI is InChI=1S/C17H23NO4/c1-7-11-22-17(21)14(6)10-9-13(5)16(20)18(12(3)4)15(19)8-2/h7-9,12H,1-2,6,10-11H2,3-5H3. The van der Waals surface area contributed by atoms with Crippen molar-refractivity contribution in [1.82, 2.24) is 4.90 Å². The number of esters is 1. The number of allylic oxidation sites excluding steroid dienone is 1. The Bertz CT molecular complexity index is 515. The average molecular weight is 305 g/mol. The molecule has 0 N–H and O–H groups in total. The van der Waals surface area contributed by atoms with E-state index in [0.29, 0.717) is 5.57 Å². The number of hydrogen-bond acceptors (Lipinski definition) is 4. The van der Waals surface area contributed by atoms with Crippen LogP contribution in [0.1, 0.15) is 27.2 Å². The second-order valence-corrected chi connectivity index (χ2v) is 4.89. The van der Waals surface area contributed by atoms with Gasteiger partial charge in [0.2, 0.25) is 0 Å². The summed E-state index contributed by atoms with van der Waals surface area (Å²) in [5.41, 5.74) is 0.571. The van der Waals surface area contributed by atoms with Gasteiger partial charge in [0.05, 0.1) is 0 Å². The molecular formula is C17H23NO4. The molecule has 2 amide bonds. The van der Waals surface area contributed by atoms with Crippen molar-refractivity contribution in [1.29, 1.82) is 0 Å². The molecule has 0 rings (SSSR count). The molecule has 0 bridgehead atoms. The Hall–Kier alpha value is -2.43. The molecular weight excluding hydrogens is 282 g/mol. The van der Waals surface area contributed by atoms with E-state index in [1.807, 2.05) is 0 Å². The number of ether oxygens (including phenoxy) is 1. The summed E-state index contributed by atoms with van der Waals surface area (Å²) >= 11 is 0. The SMILES string of the molecule is C=CCOC(=O)C(=C)CC=C(C)C(=O)N(C(=O)C=C)C(C)C. The highest BCUT2D eigenvalue weighted by Gasteiger charge is 2.23. The zero-order chi connectivity index (χ0) is 17.3. The third-order valence-electron chi connectivity index (χ3n) is 2.76. The van der Waals surface area contributed by atoms with Crippen LogP contribution in [0.25, 0.3) is 0 Å². The molecule has 0 aliphatic heterocycles. The van der Waals surface area contributed by atoms with Gasteiger partial charge in [-0.1, -0.05) is 31.9 Å². The summed E-state index contributed by atoms with van der Waals surface area (Å²) in [5.74, 6) is -1.43. The molecule has 0 aromatic carbocycles. The number of amides is 2. The summed E-state index contributed by atoms with van der Waals surface area (Å²) in [7, 11) is 0. The molecule has 0 saturated carbocycles. The van der Waals surface area contributed by atoms with Gasteiger partial charge >= 0.3 is 5.97 Å². The fraction of sp³-hybridized carbons (Fsp3) is 0.353. The smallest absolute Gasteiger partial charge is 0.334 e. The van der Waals surface area contributed by atoms with Crippen molar-refractivity contribution in [3.8, 4) is 0 Å². The van der Waals surface area contributed by atoms with E-state index < -0.39 is 17.8 Å². The summed E-state index contributed by atoms with van der Waals surface area (Å²) in [6, 6.07) is -0.290. The number of hydrogen-bond donors (Lipinski definition) is 0. The first kappa shape index (κ1) is 19.6. The number of imide groups is 1. The summed E-state index contributed by atoms with van der Waals surface area (Å²) in [5, 5.41) is 0. The van der Waals surface area contributed by atoms with Gasteiger partial charge in [0.1, 0.15) is 6.61 Å². The molecule has 0 aliphatic rings. The van der Waals surface area contributed by atoms with Crippen LogP contribution >= 0.6 is 0 Å². The first-order chi connectivity index (χ1) is 10.3. The lowest BCUT2D eigenvalue weighted by Gasteiger charge is -2.23. The Kier molecular flexibility index (Phi) is 8.45. The van der Waals surface area contributed by atoms with E-state index in [1.165, 1.54) is 6.08 Å². The second kappa shape index (κ2) is 9.50. The maximum Gasteiger partial charge on any atom is 0.334 e. The molecule has 0 heterocycles. The van der Waals surface area contributed by atoms with E-state index in [-0.39, 0.29) is 24.6 Å². The fourth-order valence-electron chi connectivity index (χ4n) is 1.56. The van der Waals surface area contributed by atoms with E-state index >= 15 is 0 Å². The van der Waals surface area contributed by atoms with E-state index in [1.54, 1.807) is 26.8 Å². The lowest BCUT2D eigenvalue weighted by molar-refractivity contribution is -0.141. The van der Waals surface area contributed by atoms with Crippen LogP contribution < -0.4 is 0 Å². The molecule has 0 fully saturated rings. The van der Waals surface area contributed by atoms with Gasteiger partial charge in [-0.25, -0.2) is 4.79 Å². The molecule has 0 atom stereocenters. The number of carbonyl (C=O) groups is 3. The molecule has 0 radical (unpaired) electrons. The van der Waals surface area contributed by atoms with Crippen LogP contribution in [-0.2, 0) is 19.1 Å². The van der Waals surface area contributed by atoms with E-state index in [2.05, 4.69) is 19.7 Å². The number of nitrogens with zero attached hydrogens (tertiary/aromatic N) is 1. The average Bonchev–Trinajstić information content (AvgIpc) is 2.48. The van der Waals surface area contributed by atoms with Crippen LogP contribution in [0.2, 0.25) is 0 Å². The first-order valence-corrected chi connectivity index (χ1v) is 6.88. The highest BCUT2D eigenvalue weighted by Crippen LogP contribution is 2.11. The van der Waals surface area contributed by atoms with Crippen molar-refractivity contribution in [2.24, 2.45) is 0 Å². The van der Waals surface area contributed by atoms with Gasteiger partial charge < -0.3 is 4.74 Å². The van der Waals surface area contributed by atoms with Crippen LogP contribution in [0.5, 0.6) is 0 Å². The minimum Gasteiger partial charge on any atom is -0.458 e.